The summed E-state index contributed by atoms with van der Waals surface area (Å²) in [5, 5.41) is 2.62. The van der Waals surface area contributed by atoms with Gasteiger partial charge in [0.15, 0.2) is 0 Å². The Kier molecular flexibility index (Phi) is 5.31. The number of amides is 1. The molecule has 0 radical (unpaired) electrons. The zero-order valence-electron chi connectivity index (χ0n) is 12.2. The second kappa shape index (κ2) is 6.82. The van der Waals surface area contributed by atoms with Gasteiger partial charge in [-0.05, 0) is 0 Å². The molecule has 21 heavy (non-hydrogen) atoms. The van der Waals surface area contributed by atoms with E-state index in [1.165, 1.54) is 10.6 Å². The highest BCUT2D eigenvalue weighted by atomic mass is 32.2. The SMILES string of the molecule is CNC(=O)C1CN(Cc2cncs2)CCN(S(C)(=O)=O)C1. The predicted molar refractivity (Wildman–Crippen MR) is 81.4 cm³/mol. The fraction of sp³-hybridized carbons (Fsp3) is 0.667. The molecular weight excluding hydrogens is 312 g/mol. The van der Waals surface area contributed by atoms with E-state index in [9.17, 15) is 13.2 Å². The Morgan fingerprint density at radius 1 is 1.48 bits per heavy atom. The summed E-state index contributed by atoms with van der Waals surface area (Å²) >= 11 is 1.56. The Hall–Kier alpha value is -1.03. The molecule has 0 spiro atoms. The molecular formula is C12H20N4O3S2. The van der Waals surface area contributed by atoms with Gasteiger partial charge in [0.05, 0.1) is 17.7 Å². The Morgan fingerprint density at radius 2 is 2.24 bits per heavy atom. The number of nitrogens with one attached hydrogen (secondary N) is 1. The summed E-state index contributed by atoms with van der Waals surface area (Å²) < 4.78 is 25.0. The van der Waals surface area contributed by atoms with Crippen molar-refractivity contribution < 1.29 is 13.2 Å². The highest BCUT2D eigenvalue weighted by molar-refractivity contribution is 7.88. The largest absolute Gasteiger partial charge is 0.359 e. The summed E-state index contributed by atoms with van der Waals surface area (Å²) in [6, 6.07) is 0. The van der Waals surface area contributed by atoms with E-state index < -0.39 is 10.0 Å². The van der Waals surface area contributed by atoms with Gasteiger partial charge in [-0.25, -0.2) is 12.7 Å². The average molecular weight is 332 g/mol. The summed E-state index contributed by atoms with van der Waals surface area (Å²) in [6.45, 7) is 2.49. The second-order valence-corrected chi connectivity index (χ2v) is 8.09. The first kappa shape index (κ1) is 16.3. The number of carbonyl (C=O) groups is 1. The quantitative estimate of drug-likeness (QED) is 0.810. The van der Waals surface area contributed by atoms with Gasteiger partial charge >= 0.3 is 0 Å². The minimum atomic E-state index is -3.29. The maximum Gasteiger partial charge on any atom is 0.225 e. The maximum atomic E-state index is 12.0. The summed E-state index contributed by atoms with van der Waals surface area (Å²) in [7, 11) is -1.72. The summed E-state index contributed by atoms with van der Waals surface area (Å²) in [5.41, 5.74) is 1.77. The van der Waals surface area contributed by atoms with Crippen LogP contribution in [0.25, 0.3) is 0 Å². The highest BCUT2D eigenvalue weighted by Gasteiger charge is 2.31. The molecule has 1 saturated heterocycles. The molecule has 1 amide bonds. The number of nitrogens with zero attached hydrogens (tertiary/aromatic N) is 3. The Morgan fingerprint density at radius 3 is 2.81 bits per heavy atom. The topological polar surface area (TPSA) is 82.6 Å². The molecule has 0 aromatic carbocycles. The first-order valence-corrected chi connectivity index (χ1v) is 9.39. The van der Waals surface area contributed by atoms with Crippen LogP contribution in [0.4, 0.5) is 0 Å². The molecule has 118 valence electrons. The number of carbonyl (C=O) groups excluding carboxylic acids is 1. The second-order valence-electron chi connectivity index (χ2n) is 5.14. The summed E-state index contributed by atoms with van der Waals surface area (Å²) in [5.74, 6) is -0.486. The molecule has 0 bridgehead atoms. The van der Waals surface area contributed by atoms with Crippen LogP contribution in [0.5, 0.6) is 0 Å². The molecule has 2 heterocycles. The minimum Gasteiger partial charge on any atom is -0.359 e. The van der Waals surface area contributed by atoms with Gasteiger partial charge in [-0.3, -0.25) is 14.7 Å². The van der Waals surface area contributed by atoms with E-state index in [1.54, 1.807) is 30.1 Å². The van der Waals surface area contributed by atoms with Crippen molar-refractivity contribution in [3.63, 3.8) is 0 Å². The molecule has 0 aliphatic carbocycles. The van der Waals surface area contributed by atoms with Gasteiger partial charge in [-0.1, -0.05) is 0 Å². The van der Waals surface area contributed by atoms with Crippen LogP contribution in [0.1, 0.15) is 4.88 Å². The van der Waals surface area contributed by atoms with E-state index >= 15 is 0 Å². The van der Waals surface area contributed by atoms with Gasteiger partial charge in [0, 0.05) is 50.8 Å². The van der Waals surface area contributed by atoms with E-state index in [1.807, 2.05) is 0 Å². The zero-order valence-corrected chi connectivity index (χ0v) is 13.8. The standard InChI is InChI=1S/C12H20N4O3S2/c1-13-12(17)10-6-15(8-11-5-14-9-20-11)3-4-16(7-10)21(2,18)19/h5,9-10H,3-4,6-8H2,1-2H3,(H,13,17). The van der Waals surface area contributed by atoms with Crippen molar-refractivity contribution in [2.45, 2.75) is 6.54 Å². The molecule has 1 aromatic heterocycles. The van der Waals surface area contributed by atoms with Crippen LogP contribution in [0.3, 0.4) is 0 Å². The smallest absolute Gasteiger partial charge is 0.225 e. The third kappa shape index (κ3) is 4.47. The molecule has 0 saturated carbocycles. The average Bonchev–Trinajstić information content (AvgIpc) is 2.82. The maximum absolute atomic E-state index is 12.0. The summed E-state index contributed by atoms with van der Waals surface area (Å²) in [6.07, 6.45) is 2.99. The van der Waals surface area contributed by atoms with Crippen LogP contribution < -0.4 is 5.32 Å². The third-order valence-corrected chi connectivity index (χ3v) is 5.55. The molecule has 1 aliphatic rings. The fourth-order valence-corrected chi connectivity index (χ4v) is 3.91. The van der Waals surface area contributed by atoms with Crippen LogP contribution in [0.15, 0.2) is 11.7 Å². The highest BCUT2D eigenvalue weighted by Crippen LogP contribution is 2.16. The van der Waals surface area contributed by atoms with Crippen molar-refractivity contribution in [3.05, 3.63) is 16.6 Å². The van der Waals surface area contributed by atoms with Crippen molar-refractivity contribution >= 4 is 27.3 Å². The first-order valence-electron chi connectivity index (χ1n) is 6.66. The van der Waals surface area contributed by atoms with Gasteiger partial charge in [-0.15, -0.1) is 11.3 Å². The first-order chi connectivity index (χ1) is 9.90. The van der Waals surface area contributed by atoms with Crippen molar-refractivity contribution in [1.82, 2.24) is 19.5 Å². The van der Waals surface area contributed by atoms with Gasteiger partial charge in [0.25, 0.3) is 0 Å². The van der Waals surface area contributed by atoms with Crippen LogP contribution in [-0.4, -0.2) is 68.0 Å². The van der Waals surface area contributed by atoms with Crippen LogP contribution in [-0.2, 0) is 21.4 Å². The molecule has 9 heteroatoms. The number of thiazole rings is 1. The zero-order chi connectivity index (χ0) is 15.5. The monoisotopic (exact) mass is 332 g/mol. The predicted octanol–water partition coefficient (Wildman–Crippen LogP) is -0.417. The van der Waals surface area contributed by atoms with Crippen molar-refractivity contribution in [3.8, 4) is 0 Å². The number of hydrogen-bond donors (Lipinski definition) is 1. The number of aromatic nitrogens is 1. The molecule has 1 N–H and O–H groups in total. The number of hydrogen-bond acceptors (Lipinski definition) is 6. The van der Waals surface area contributed by atoms with Crippen molar-refractivity contribution in [1.29, 1.82) is 0 Å². The van der Waals surface area contributed by atoms with E-state index in [2.05, 4.69) is 15.2 Å². The lowest BCUT2D eigenvalue weighted by Crippen LogP contribution is -2.41. The lowest BCUT2D eigenvalue weighted by atomic mass is 10.1. The minimum absolute atomic E-state index is 0.125. The molecule has 1 atom stereocenters. The molecule has 7 nitrogen and oxygen atoms in total. The van der Waals surface area contributed by atoms with Crippen LogP contribution >= 0.6 is 11.3 Å². The van der Waals surface area contributed by atoms with Crippen LogP contribution in [0.2, 0.25) is 0 Å². The molecule has 2 rings (SSSR count). The number of sulfonamides is 1. The Labute approximate surface area is 129 Å². The fourth-order valence-electron chi connectivity index (χ4n) is 2.41. The van der Waals surface area contributed by atoms with E-state index in [0.29, 0.717) is 26.2 Å². The lowest BCUT2D eigenvalue weighted by molar-refractivity contribution is -0.125. The third-order valence-electron chi connectivity index (χ3n) is 3.52. The van der Waals surface area contributed by atoms with E-state index in [-0.39, 0.29) is 18.4 Å². The van der Waals surface area contributed by atoms with Gasteiger partial charge in [0.2, 0.25) is 15.9 Å². The lowest BCUT2D eigenvalue weighted by Gasteiger charge is -2.22. The normalized spacial score (nSPS) is 21.9. The van der Waals surface area contributed by atoms with Gasteiger partial charge in [0.1, 0.15) is 0 Å². The molecule has 1 unspecified atom stereocenters. The molecule has 1 aliphatic heterocycles. The van der Waals surface area contributed by atoms with Crippen molar-refractivity contribution in [2.75, 3.05) is 39.5 Å². The van der Waals surface area contributed by atoms with Crippen LogP contribution in [0, 0.1) is 5.92 Å². The Balaban J connectivity index is 2.13. The van der Waals surface area contributed by atoms with Crippen molar-refractivity contribution in [2.24, 2.45) is 5.92 Å². The van der Waals surface area contributed by atoms with E-state index in [4.69, 9.17) is 0 Å². The molecule has 1 aromatic rings. The summed E-state index contributed by atoms with van der Waals surface area (Å²) in [4.78, 5) is 19.2. The van der Waals surface area contributed by atoms with E-state index in [0.717, 1.165) is 4.88 Å². The molecule has 1 fully saturated rings. The van der Waals surface area contributed by atoms with Gasteiger partial charge < -0.3 is 5.32 Å². The number of rotatable bonds is 4. The Bertz CT molecular complexity index is 573. The van der Waals surface area contributed by atoms with Gasteiger partial charge in [-0.2, -0.15) is 0 Å².